The van der Waals surface area contributed by atoms with Crippen LogP contribution in [0.1, 0.15) is 18.3 Å². The molecule has 0 aliphatic heterocycles. The van der Waals surface area contributed by atoms with Crippen LogP contribution >= 0.6 is 34.8 Å². The third-order valence-corrected chi connectivity index (χ3v) is 4.08. The number of nitrogen functional groups attached to an aromatic ring is 1. The molecule has 108 valence electrons. The molecule has 0 spiro atoms. The van der Waals surface area contributed by atoms with E-state index in [4.69, 9.17) is 45.3 Å². The number of nitrogens with two attached hydrogens (primary N) is 1. The molecule has 4 nitrogen and oxygen atoms in total. The molecule has 20 heavy (non-hydrogen) atoms. The van der Waals surface area contributed by atoms with Gasteiger partial charge in [-0.2, -0.15) is 5.10 Å². The van der Waals surface area contributed by atoms with Crippen molar-refractivity contribution in [2.24, 2.45) is 7.05 Å². The Morgan fingerprint density at radius 2 is 1.90 bits per heavy atom. The van der Waals surface area contributed by atoms with Gasteiger partial charge in [0.25, 0.3) is 0 Å². The molecule has 0 aliphatic rings. The molecule has 1 aromatic carbocycles. The van der Waals surface area contributed by atoms with Crippen molar-refractivity contribution >= 4 is 40.5 Å². The molecule has 0 bridgehead atoms. The van der Waals surface area contributed by atoms with Gasteiger partial charge in [0.05, 0.1) is 32.1 Å². The summed E-state index contributed by atoms with van der Waals surface area (Å²) in [6.45, 7) is 2.25. The molecule has 0 unspecified atom stereocenters. The maximum atomic E-state index is 6.25. The summed E-state index contributed by atoms with van der Waals surface area (Å²) in [5.41, 5.74) is 7.89. The summed E-state index contributed by atoms with van der Waals surface area (Å²) < 4.78 is 7.37. The first-order chi connectivity index (χ1) is 9.43. The van der Waals surface area contributed by atoms with Crippen LogP contribution in [0.2, 0.25) is 15.1 Å². The highest BCUT2D eigenvalue weighted by molar-refractivity contribution is 6.42. The van der Waals surface area contributed by atoms with Crippen molar-refractivity contribution < 1.29 is 4.74 Å². The normalized spacial score (nSPS) is 10.8. The largest absolute Gasteiger partial charge is 0.485 e. The second-order valence-corrected chi connectivity index (χ2v) is 5.47. The molecule has 0 aliphatic carbocycles. The van der Waals surface area contributed by atoms with Gasteiger partial charge >= 0.3 is 0 Å². The lowest BCUT2D eigenvalue weighted by Crippen LogP contribution is -2.05. The number of aromatic nitrogens is 2. The number of hydrogen-bond donors (Lipinski definition) is 1. The highest BCUT2D eigenvalue weighted by atomic mass is 35.5. The Hall–Kier alpha value is -1.10. The summed E-state index contributed by atoms with van der Waals surface area (Å²) in [5.74, 6) is 0.467. The van der Waals surface area contributed by atoms with E-state index in [1.54, 1.807) is 16.8 Å². The maximum absolute atomic E-state index is 6.25. The van der Waals surface area contributed by atoms with Crippen molar-refractivity contribution in [1.29, 1.82) is 0 Å². The summed E-state index contributed by atoms with van der Waals surface area (Å²) in [6, 6.07) is 3.14. The van der Waals surface area contributed by atoms with Crippen LogP contribution in [0.15, 0.2) is 12.1 Å². The highest BCUT2D eigenvalue weighted by Gasteiger charge is 2.14. The second kappa shape index (κ2) is 6.12. The average molecular weight is 335 g/mol. The molecule has 2 rings (SSSR count). The first kappa shape index (κ1) is 15.3. The molecule has 1 heterocycles. The van der Waals surface area contributed by atoms with Crippen molar-refractivity contribution in [1.82, 2.24) is 9.78 Å². The van der Waals surface area contributed by atoms with E-state index in [1.165, 1.54) is 0 Å². The lowest BCUT2D eigenvalue weighted by molar-refractivity contribution is 0.296. The fraction of sp³-hybridized carbons (Fsp3) is 0.308. The molecule has 0 saturated heterocycles. The minimum Gasteiger partial charge on any atom is -0.485 e. The molecule has 2 aromatic rings. The topological polar surface area (TPSA) is 53.1 Å². The number of ether oxygens (including phenoxy) is 1. The summed E-state index contributed by atoms with van der Waals surface area (Å²) in [5, 5.41) is 5.72. The van der Waals surface area contributed by atoms with Crippen LogP contribution in [0.3, 0.4) is 0 Å². The van der Waals surface area contributed by atoms with Crippen molar-refractivity contribution in [3.05, 3.63) is 38.6 Å². The average Bonchev–Trinajstić information content (AvgIpc) is 2.67. The summed E-state index contributed by atoms with van der Waals surface area (Å²) in [7, 11) is 1.82. The monoisotopic (exact) mass is 333 g/mol. The molecule has 7 heteroatoms. The molecular formula is C13H14Cl3N3O. The lowest BCUT2D eigenvalue weighted by atomic mass is 10.3. The molecule has 0 atom stereocenters. The van der Waals surface area contributed by atoms with Crippen LogP contribution in [0.4, 0.5) is 5.69 Å². The van der Waals surface area contributed by atoms with Gasteiger partial charge in [-0.15, -0.1) is 0 Å². The minimum absolute atomic E-state index is 0.254. The van der Waals surface area contributed by atoms with Gasteiger partial charge < -0.3 is 10.5 Å². The Morgan fingerprint density at radius 1 is 1.25 bits per heavy atom. The van der Waals surface area contributed by atoms with Gasteiger partial charge in [0, 0.05) is 13.1 Å². The van der Waals surface area contributed by atoms with Gasteiger partial charge in [-0.3, -0.25) is 4.68 Å². The Labute approximate surface area is 132 Å². The molecule has 2 N–H and O–H groups in total. The lowest BCUT2D eigenvalue weighted by Gasteiger charge is -2.10. The van der Waals surface area contributed by atoms with Crippen molar-refractivity contribution in [2.75, 3.05) is 5.73 Å². The minimum atomic E-state index is 0.254. The van der Waals surface area contributed by atoms with Crippen LogP contribution in [-0.4, -0.2) is 9.78 Å². The molecule has 0 amide bonds. The van der Waals surface area contributed by atoms with E-state index in [-0.39, 0.29) is 6.61 Å². The van der Waals surface area contributed by atoms with Crippen molar-refractivity contribution in [3.63, 3.8) is 0 Å². The van der Waals surface area contributed by atoms with E-state index in [0.717, 1.165) is 17.8 Å². The van der Waals surface area contributed by atoms with E-state index in [9.17, 15) is 0 Å². The van der Waals surface area contributed by atoms with E-state index in [1.807, 2.05) is 14.0 Å². The quantitative estimate of drug-likeness (QED) is 0.856. The smallest absolute Gasteiger partial charge is 0.144 e. The second-order valence-electron chi connectivity index (χ2n) is 4.28. The van der Waals surface area contributed by atoms with Crippen LogP contribution < -0.4 is 10.5 Å². The van der Waals surface area contributed by atoms with Crippen LogP contribution in [0.5, 0.6) is 5.75 Å². The Morgan fingerprint density at radius 3 is 2.50 bits per heavy atom. The van der Waals surface area contributed by atoms with E-state index >= 15 is 0 Å². The fourth-order valence-corrected chi connectivity index (χ4v) is 2.47. The van der Waals surface area contributed by atoms with Gasteiger partial charge in [0.15, 0.2) is 0 Å². The molecular weight excluding hydrogens is 321 g/mol. The molecule has 0 saturated carbocycles. The third-order valence-electron chi connectivity index (χ3n) is 2.92. The van der Waals surface area contributed by atoms with Crippen LogP contribution in [-0.2, 0) is 20.1 Å². The number of nitrogens with zero attached hydrogens (tertiary/aromatic N) is 2. The van der Waals surface area contributed by atoms with Gasteiger partial charge in [-0.25, -0.2) is 0 Å². The zero-order valence-electron chi connectivity index (χ0n) is 11.1. The third kappa shape index (κ3) is 2.97. The number of rotatable bonds is 4. The van der Waals surface area contributed by atoms with Crippen LogP contribution in [0, 0.1) is 0 Å². The van der Waals surface area contributed by atoms with Gasteiger partial charge in [0.1, 0.15) is 12.4 Å². The summed E-state index contributed by atoms with van der Waals surface area (Å²) in [6.07, 6.45) is 0.765. The Kier molecular flexibility index (Phi) is 4.68. The maximum Gasteiger partial charge on any atom is 0.144 e. The fourth-order valence-electron chi connectivity index (χ4n) is 1.79. The van der Waals surface area contributed by atoms with E-state index < -0.39 is 0 Å². The first-order valence-corrected chi connectivity index (χ1v) is 7.15. The molecule has 1 aromatic heterocycles. The highest BCUT2D eigenvalue weighted by Crippen LogP contribution is 2.33. The number of aryl methyl sites for hydroxylation is 2. The van der Waals surface area contributed by atoms with Crippen molar-refractivity contribution in [3.8, 4) is 5.75 Å². The van der Waals surface area contributed by atoms with Crippen LogP contribution in [0.25, 0.3) is 0 Å². The molecule has 0 fully saturated rings. The summed E-state index contributed by atoms with van der Waals surface area (Å²) >= 11 is 18.1. The van der Waals surface area contributed by atoms with E-state index in [2.05, 4.69) is 5.10 Å². The number of hydrogen-bond acceptors (Lipinski definition) is 3. The van der Waals surface area contributed by atoms with E-state index in [0.29, 0.717) is 26.5 Å². The zero-order chi connectivity index (χ0) is 14.9. The Bertz CT molecular complexity index is 640. The number of benzene rings is 1. The van der Waals surface area contributed by atoms with Gasteiger partial charge in [-0.1, -0.05) is 41.7 Å². The van der Waals surface area contributed by atoms with Crippen molar-refractivity contribution in [2.45, 2.75) is 20.0 Å². The standard InChI is InChI=1S/C13H14Cl3N3O/c1-3-10-13(16)11(19(2)18-10)6-20-12-5-8(15)7(14)4-9(12)17/h4-5H,3,6,17H2,1-2H3. The van der Waals surface area contributed by atoms with Gasteiger partial charge in [-0.05, 0) is 12.5 Å². The predicted octanol–water partition coefficient (Wildman–Crippen LogP) is 4.10. The summed E-state index contributed by atoms with van der Waals surface area (Å²) in [4.78, 5) is 0. The first-order valence-electron chi connectivity index (χ1n) is 6.01. The SMILES string of the molecule is CCc1nn(C)c(COc2cc(Cl)c(Cl)cc2N)c1Cl. The zero-order valence-corrected chi connectivity index (χ0v) is 13.4. The Balaban J connectivity index is 2.21. The number of anilines is 1. The molecule has 0 radical (unpaired) electrons. The van der Waals surface area contributed by atoms with Gasteiger partial charge in [0.2, 0.25) is 0 Å². The number of halogens is 3. The predicted molar refractivity (Wildman–Crippen MR) is 82.8 cm³/mol.